The summed E-state index contributed by atoms with van der Waals surface area (Å²) >= 11 is 0. The molecule has 1 aromatic rings. The number of nitrogens with two attached hydrogens (primary N) is 1. The largest absolute Gasteiger partial charge is 0.328 e. The Morgan fingerprint density at radius 3 is 2.20 bits per heavy atom. The molecule has 15 heavy (non-hydrogen) atoms. The van der Waals surface area contributed by atoms with Gasteiger partial charge in [0.15, 0.2) is 0 Å². The van der Waals surface area contributed by atoms with Crippen LogP contribution >= 0.6 is 0 Å². The lowest BCUT2D eigenvalue weighted by Crippen LogP contribution is -2.15. The third kappa shape index (κ3) is 4.05. The molecule has 0 heterocycles. The van der Waals surface area contributed by atoms with Crippen LogP contribution in [0.15, 0.2) is 24.3 Å². The minimum Gasteiger partial charge on any atom is -0.328 e. The van der Waals surface area contributed by atoms with Crippen molar-refractivity contribution in [1.82, 2.24) is 0 Å². The first kappa shape index (κ1) is 12.3. The highest BCUT2D eigenvalue weighted by Crippen LogP contribution is 2.19. The molecule has 0 bridgehead atoms. The molecule has 0 spiro atoms. The predicted octanol–water partition coefficient (Wildman–Crippen LogP) is 3.48. The summed E-state index contributed by atoms with van der Waals surface area (Å²) in [4.78, 5) is 0. The van der Waals surface area contributed by atoms with Crippen molar-refractivity contribution >= 4 is 0 Å². The molecule has 0 saturated heterocycles. The van der Waals surface area contributed by atoms with Crippen LogP contribution in [0.4, 0.5) is 0 Å². The first-order chi connectivity index (χ1) is 7.13. The van der Waals surface area contributed by atoms with Crippen LogP contribution in [0, 0.1) is 0 Å². The molecule has 2 unspecified atom stereocenters. The van der Waals surface area contributed by atoms with Gasteiger partial charge in [-0.2, -0.15) is 0 Å². The van der Waals surface area contributed by atoms with Crippen molar-refractivity contribution in [3.05, 3.63) is 35.4 Å². The summed E-state index contributed by atoms with van der Waals surface area (Å²) in [6, 6.07) is 9.29. The van der Waals surface area contributed by atoms with Crippen molar-refractivity contribution in [1.29, 1.82) is 0 Å². The lowest BCUT2D eigenvalue weighted by Gasteiger charge is -2.10. The van der Waals surface area contributed by atoms with Gasteiger partial charge in [0, 0.05) is 6.04 Å². The molecule has 1 aromatic carbocycles. The highest BCUT2D eigenvalue weighted by Gasteiger charge is 2.02. The summed E-state index contributed by atoms with van der Waals surface area (Å²) in [6.45, 7) is 6.57. The van der Waals surface area contributed by atoms with Crippen LogP contribution in [-0.4, -0.2) is 6.04 Å². The number of hydrogen-bond donors (Lipinski definition) is 1. The first-order valence-electron chi connectivity index (χ1n) is 5.98. The van der Waals surface area contributed by atoms with Crippen molar-refractivity contribution in [2.24, 2.45) is 5.73 Å². The molecular weight excluding hydrogens is 182 g/mol. The summed E-state index contributed by atoms with van der Waals surface area (Å²) < 4.78 is 0. The van der Waals surface area contributed by atoms with E-state index in [0.717, 1.165) is 12.8 Å². The van der Waals surface area contributed by atoms with Gasteiger partial charge in [-0.1, -0.05) is 38.1 Å². The van der Waals surface area contributed by atoms with Gasteiger partial charge in [0.2, 0.25) is 0 Å². The Balaban J connectivity index is 2.56. The number of benzene rings is 1. The molecule has 0 aromatic heterocycles. The van der Waals surface area contributed by atoms with E-state index in [1.165, 1.54) is 17.5 Å². The molecule has 1 nitrogen and oxygen atoms in total. The highest BCUT2D eigenvalue weighted by molar-refractivity contribution is 5.25. The SMILES string of the molecule is CCC(C)c1ccc(CCC(C)N)cc1. The second-order valence-electron chi connectivity index (χ2n) is 4.57. The Morgan fingerprint density at radius 1 is 1.13 bits per heavy atom. The second kappa shape index (κ2) is 5.92. The van der Waals surface area contributed by atoms with Crippen LogP contribution in [0.3, 0.4) is 0 Å². The molecule has 0 fully saturated rings. The van der Waals surface area contributed by atoms with E-state index in [0.29, 0.717) is 12.0 Å². The zero-order valence-corrected chi connectivity index (χ0v) is 10.2. The number of aryl methyl sites for hydroxylation is 1. The lowest BCUT2D eigenvalue weighted by molar-refractivity contribution is 0.665. The maximum Gasteiger partial charge on any atom is 0.00136 e. The van der Waals surface area contributed by atoms with Gasteiger partial charge in [-0.3, -0.25) is 0 Å². The zero-order chi connectivity index (χ0) is 11.3. The summed E-state index contributed by atoms with van der Waals surface area (Å²) in [5.41, 5.74) is 8.59. The van der Waals surface area contributed by atoms with Gasteiger partial charge in [0.25, 0.3) is 0 Å². The summed E-state index contributed by atoms with van der Waals surface area (Å²) in [5, 5.41) is 0. The van der Waals surface area contributed by atoms with Crippen LogP contribution in [0.5, 0.6) is 0 Å². The molecule has 0 saturated carbocycles. The molecule has 2 N–H and O–H groups in total. The molecule has 2 atom stereocenters. The normalized spacial score (nSPS) is 14.9. The van der Waals surface area contributed by atoms with Crippen molar-refractivity contribution in [2.45, 2.75) is 52.0 Å². The molecule has 84 valence electrons. The van der Waals surface area contributed by atoms with Gasteiger partial charge in [0.1, 0.15) is 0 Å². The van der Waals surface area contributed by atoms with E-state index in [1.807, 2.05) is 0 Å². The molecule has 0 radical (unpaired) electrons. The van der Waals surface area contributed by atoms with E-state index in [-0.39, 0.29) is 0 Å². The van der Waals surface area contributed by atoms with Crippen molar-refractivity contribution < 1.29 is 0 Å². The number of rotatable bonds is 5. The minimum atomic E-state index is 0.305. The average molecular weight is 205 g/mol. The monoisotopic (exact) mass is 205 g/mol. The van der Waals surface area contributed by atoms with E-state index < -0.39 is 0 Å². The van der Waals surface area contributed by atoms with Gasteiger partial charge >= 0.3 is 0 Å². The average Bonchev–Trinajstić information content (AvgIpc) is 2.26. The van der Waals surface area contributed by atoms with Crippen molar-refractivity contribution in [3.63, 3.8) is 0 Å². The maximum absolute atomic E-state index is 5.74. The molecule has 0 aliphatic heterocycles. The van der Waals surface area contributed by atoms with E-state index in [9.17, 15) is 0 Å². The third-order valence-electron chi connectivity index (χ3n) is 3.05. The van der Waals surface area contributed by atoms with Gasteiger partial charge in [-0.05, 0) is 43.2 Å². The summed E-state index contributed by atoms with van der Waals surface area (Å²) in [6.07, 6.45) is 3.38. The van der Waals surface area contributed by atoms with Crippen molar-refractivity contribution in [3.8, 4) is 0 Å². The molecule has 0 amide bonds. The van der Waals surface area contributed by atoms with Gasteiger partial charge in [-0.15, -0.1) is 0 Å². The molecule has 0 aliphatic carbocycles. The molecule has 1 rings (SSSR count). The van der Waals surface area contributed by atoms with Crippen LogP contribution in [0.1, 0.15) is 50.7 Å². The molecule has 1 heteroatoms. The molecular formula is C14H23N. The van der Waals surface area contributed by atoms with E-state index in [2.05, 4.69) is 45.0 Å². The second-order valence-corrected chi connectivity index (χ2v) is 4.57. The smallest absolute Gasteiger partial charge is 0.00136 e. The fourth-order valence-electron chi connectivity index (χ4n) is 1.64. The predicted molar refractivity (Wildman–Crippen MR) is 67.1 cm³/mol. The number of hydrogen-bond acceptors (Lipinski definition) is 1. The Bertz CT molecular complexity index is 274. The zero-order valence-electron chi connectivity index (χ0n) is 10.2. The topological polar surface area (TPSA) is 26.0 Å². The van der Waals surface area contributed by atoms with Crippen LogP contribution in [-0.2, 0) is 6.42 Å². The highest BCUT2D eigenvalue weighted by atomic mass is 14.6. The minimum absolute atomic E-state index is 0.305. The van der Waals surface area contributed by atoms with Crippen LogP contribution in [0.25, 0.3) is 0 Å². The standard InChI is InChI=1S/C14H23N/c1-4-11(2)14-9-7-13(8-10-14)6-5-12(3)15/h7-12H,4-6,15H2,1-3H3. The van der Waals surface area contributed by atoms with E-state index in [4.69, 9.17) is 5.73 Å². The quantitative estimate of drug-likeness (QED) is 0.782. The Kier molecular flexibility index (Phi) is 4.83. The van der Waals surface area contributed by atoms with E-state index >= 15 is 0 Å². The van der Waals surface area contributed by atoms with Gasteiger partial charge in [-0.25, -0.2) is 0 Å². The first-order valence-corrected chi connectivity index (χ1v) is 5.98. The maximum atomic E-state index is 5.74. The Hall–Kier alpha value is -0.820. The van der Waals surface area contributed by atoms with Gasteiger partial charge < -0.3 is 5.73 Å². The van der Waals surface area contributed by atoms with Crippen molar-refractivity contribution in [2.75, 3.05) is 0 Å². The Morgan fingerprint density at radius 2 is 1.73 bits per heavy atom. The fraction of sp³-hybridized carbons (Fsp3) is 0.571. The summed E-state index contributed by atoms with van der Waals surface area (Å²) in [7, 11) is 0. The summed E-state index contributed by atoms with van der Waals surface area (Å²) in [5.74, 6) is 0.674. The fourth-order valence-corrected chi connectivity index (χ4v) is 1.64. The van der Waals surface area contributed by atoms with Gasteiger partial charge in [0.05, 0.1) is 0 Å². The third-order valence-corrected chi connectivity index (χ3v) is 3.05. The Labute approximate surface area is 93.7 Å². The van der Waals surface area contributed by atoms with Crippen LogP contribution in [0.2, 0.25) is 0 Å². The molecule has 0 aliphatic rings. The van der Waals surface area contributed by atoms with E-state index in [1.54, 1.807) is 0 Å². The lowest BCUT2D eigenvalue weighted by atomic mass is 9.96. The van der Waals surface area contributed by atoms with Crippen LogP contribution < -0.4 is 5.73 Å².